The Morgan fingerprint density at radius 2 is 2.17 bits per heavy atom. The van der Waals surface area contributed by atoms with E-state index in [1.54, 1.807) is 6.07 Å². The summed E-state index contributed by atoms with van der Waals surface area (Å²) >= 11 is 9.14. The maximum absolute atomic E-state index is 12.6. The van der Waals surface area contributed by atoms with Crippen LogP contribution in [0, 0.1) is 5.82 Å². The molecule has 66 valence electrons. The standard InChI is InChI=1S/C9H9BrClF/c10-5-1-2-7-3-4-8(12)6-9(7)11/h3-4,6H,1-2,5H2. The van der Waals surface area contributed by atoms with E-state index < -0.39 is 0 Å². The molecular formula is C9H9BrClF. The van der Waals surface area contributed by atoms with E-state index in [2.05, 4.69) is 15.9 Å². The molecule has 0 bridgehead atoms. The molecule has 0 radical (unpaired) electrons. The Morgan fingerprint density at radius 1 is 1.42 bits per heavy atom. The van der Waals surface area contributed by atoms with Gasteiger partial charge in [0, 0.05) is 10.4 Å². The highest BCUT2D eigenvalue weighted by Gasteiger charge is 2.00. The fraction of sp³-hybridized carbons (Fsp3) is 0.333. The molecule has 0 aliphatic rings. The van der Waals surface area contributed by atoms with Gasteiger partial charge in [-0.05, 0) is 30.5 Å². The molecule has 0 atom stereocenters. The lowest BCUT2D eigenvalue weighted by atomic mass is 10.1. The molecule has 0 aliphatic heterocycles. The molecule has 0 nitrogen and oxygen atoms in total. The van der Waals surface area contributed by atoms with Gasteiger partial charge in [0.25, 0.3) is 0 Å². The van der Waals surface area contributed by atoms with Crippen LogP contribution in [0.4, 0.5) is 4.39 Å². The number of alkyl halides is 1. The number of hydrogen-bond donors (Lipinski definition) is 0. The van der Waals surface area contributed by atoms with Crippen molar-refractivity contribution >= 4 is 27.5 Å². The van der Waals surface area contributed by atoms with Crippen LogP contribution in [0.1, 0.15) is 12.0 Å². The quantitative estimate of drug-likeness (QED) is 0.717. The summed E-state index contributed by atoms with van der Waals surface area (Å²) in [7, 11) is 0. The lowest BCUT2D eigenvalue weighted by Gasteiger charge is -2.01. The van der Waals surface area contributed by atoms with E-state index in [9.17, 15) is 4.39 Å². The highest BCUT2D eigenvalue weighted by molar-refractivity contribution is 9.09. The van der Waals surface area contributed by atoms with E-state index in [-0.39, 0.29) is 5.82 Å². The Kier molecular flexibility index (Phi) is 4.02. The molecule has 0 heterocycles. The van der Waals surface area contributed by atoms with Gasteiger partial charge in [-0.1, -0.05) is 33.6 Å². The number of benzene rings is 1. The predicted molar refractivity (Wildman–Crippen MR) is 53.5 cm³/mol. The average molecular weight is 252 g/mol. The molecule has 0 saturated carbocycles. The van der Waals surface area contributed by atoms with Crippen LogP contribution in [0.25, 0.3) is 0 Å². The van der Waals surface area contributed by atoms with Gasteiger partial charge in [-0.15, -0.1) is 0 Å². The summed E-state index contributed by atoms with van der Waals surface area (Å²) in [5, 5.41) is 1.47. The first-order valence-corrected chi connectivity index (χ1v) is 5.24. The van der Waals surface area contributed by atoms with Gasteiger partial charge in [0.2, 0.25) is 0 Å². The zero-order valence-corrected chi connectivity index (χ0v) is 8.83. The number of aryl methyl sites for hydroxylation is 1. The van der Waals surface area contributed by atoms with E-state index in [0.29, 0.717) is 5.02 Å². The summed E-state index contributed by atoms with van der Waals surface area (Å²) in [4.78, 5) is 0. The first-order valence-electron chi connectivity index (χ1n) is 3.74. The van der Waals surface area contributed by atoms with Crippen molar-refractivity contribution in [1.29, 1.82) is 0 Å². The van der Waals surface area contributed by atoms with Crippen LogP contribution in [0.5, 0.6) is 0 Å². The molecule has 12 heavy (non-hydrogen) atoms. The van der Waals surface area contributed by atoms with Crippen molar-refractivity contribution < 1.29 is 4.39 Å². The van der Waals surface area contributed by atoms with E-state index >= 15 is 0 Å². The minimum atomic E-state index is -0.275. The summed E-state index contributed by atoms with van der Waals surface area (Å²) in [6.07, 6.45) is 1.91. The van der Waals surface area contributed by atoms with Crippen LogP contribution < -0.4 is 0 Å². The number of rotatable bonds is 3. The number of hydrogen-bond acceptors (Lipinski definition) is 0. The van der Waals surface area contributed by atoms with Crippen molar-refractivity contribution in [1.82, 2.24) is 0 Å². The maximum atomic E-state index is 12.6. The summed E-state index contributed by atoms with van der Waals surface area (Å²) in [5.41, 5.74) is 1.01. The third-order valence-electron chi connectivity index (χ3n) is 1.59. The minimum Gasteiger partial charge on any atom is -0.207 e. The van der Waals surface area contributed by atoms with Gasteiger partial charge >= 0.3 is 0 Å². The molecule has 3 heteroatoms. The van der Waals surface area contributed by atoms with E-state index in [4.69, 9.17) is 11.6 Å². The second-order valence-corrected chi connectivity index (χ2v) is 3.73. The smallest absolute Gasteiger partial charge is 0.124 e. The first kappa shape index (κ1) is 10.0. The van der Waals surface area contributed by atoms with Gasteiger partial charge < -0.3 is 0 Å². The number of halogens is 3. The molecule has 0 N–H and O–H groups in total. The van der Waals surface area contributed by atoms with Crippen LogP contribution in [0.15, 0.2) is 18.2 Å². The molecule has 0 saturated heterocycles. The Labute approximate surface area is 84.9 Å². The summed E-state index contributed by atoms with van der Waals surface area (Å²) < 4.78 is 12.6. The molecule has 1 aromatic rings. The van der Waals surface area contributed by atoms with Crippen LogP contribution in [0.3, 0.4) is 0 Å². The van der Waals surface area contributed by atoms with Crippen LogP contribution in [-0.2, 0) is 6.42 Å². The second kappa shape index (κ2) is 4.83. The monoisotopic (exact) mass is 250 g/mol. The topological polar surface area (TPSA) is 0 Å². The lowest BCUT2D eigenvalue weighted by Crippen LogP contribution is -1.88. The zero-order chi connectivity index (χ0) is 8.97. The Morgan fingerprint density at radius 3 is 2.75 bits per heavy atom. The van der Waals surface area contributed by atoms with Crippen molar-refractivity contribution in [3.63, 3.8) is 0 Å². The van der Waals surface area contributed by atoms with Crippen molar-refractivity contribution in [3.05, 3.63) is 34.6 Å². The van der Waals surface area contributed by atoms with Crippen molar-refractivity contribution in [3.8, 4) is 0 Å². The lowest BCUT2D eigenvalue weighted by molar-refractivity contribution is 0.627. The van der Waals surface area contributed by atoms with Crippen LogP contribution >= 0.6 is 27.5 Å². The molecule has 1 aromatic carbocycles. The largest absolute Gasteiger partial charge is 0.207 e. The highest BCUT2D eigenvalue weighted by Crippen LogP contribution is 2.18. The highest BCUT2D eigenvalue weighted by atomic mass is 79.9. The van der Waals surface area contributed by atoms with E-state index in [1.165, 1.54) is 12.1 Å². The molecule has 0 fully saturated rings. The van der Waals surface area contributed by atoms with Gasteiger partial charge in [0.1, 0.15) is 5.82 Å². The third-order valence-corrected chi connectivity index (χ3v) is 2.51. The third kappa shape index (κ3) is 2.76. The molecule has 0 aliphatic carbocycles. The Bertz CT molecular complexity index is 263. The van der Waals surface area contributed by atoms with Gasteiger partial charge in [-0.3, -0.25) is 0 Å². The molecular weight excluding hydrogens is 242 g/mol. The normalized spacial score (nSPS) is 10.2. The molecule has 1 rings (SSSR count). The van der Waals surface area contributed by atoms with Gasteiger partial charge in [-0.25, -0.2) is 4.39 Å². The molecule has 0 unspecified atom stereocenters. The minimum absolute atomic E-state index is 0.275. The summed E-state index contributed by atoms with van der Waals surface area (Å²) in [6, 6.07) is 4.53. The second-order valence-electron chi connectivity index (χ2n) is 2.53. The average Bonchev–Trinajstić information content (AvgIpc) is 2.03. The molecule has 0 aromatic heterocycles. The zero-order valence-electron chi connectivity index (χ0n) is 6.49. The molecule has 0 spiro atoms. The Hall–Kier alpha value is -0.0800. The van der Waals surface area contributed by atoms with Crippen molar-refractivity contribution in [2.75, 3.05) is 5.33 Å². The SMILES string of the molecule is Fc1ccc(CCCBr)c(Cl)c1. The van der Waals surface area contributed by atoms with E-state index in [1.807, 2.05) is 0 Å². The van der Waals surface area contributed by atoms with Crippen molar-refractivity contribution in [2.24, 2.45) is 0 Å². The summed E-state index contributed by atoms with van der Waals surface area (Å²) in [5.74, 6) is -0.275. The van der Waals surface area contributed by atoms with Crippen LogP contribution in [-0.4, -0.2) is 5.33 Å². The maximum Gasteiger partial charge on any atom is 0.124 e. The molecule has 0 amide bonds. The van der Waals surface area contributed by atoms with Gasteiger partial charge in [0.05, 0.1) is 0 Å². The van der Waals surface area contributed by atoms with Crippen molar-refractivity contribution in [2.45, 2.75) is 12.8 Å². The Balaban J connectivity index is 2.72. The van der Waals surface area contributed by atoms with Crippen LogP contribution in [0.2, 0.25) is 5.02 Å². The van der Waals surface area contributed by atoms with Gasteiger partial charge in [0.15, 0.2) is 0 Å². The van der Waals surface area contributed by atoms with Gasteiger partial charge in [-0.2, -0.15) is 0 Å². The fourth-order valence-corrected chi connectivity index (χ4v) is 1.52. The van der Waals surface area contributed by atoms with E-state index in [0.717, 1.165) is 23.7 Å². The first-order chi connectivity index (χ1) is 5.74. The fourth-order valence-electron chi connectivity index (χ4n) is 0.982. The summed E-state index contributed by atoms with van der Waals surface area (Å²) in [6.45, 7) is 0. The predicted octanol–water partition coefficient (Wildman–Crippen LogP) is 3.81.